The lowest BCUT2D eigenvalue weighted by Crippen LogP contribution is -2.28. The molecular formula is C18H30S2. The maximum absolute atomic E-state index is 2.48. The van der Waals surface area contributed by atoms with Crippen LogP contribution in [0, 0.1) is 23.7 Å². The number of fused-ring (bicyclic) bond motifs is 2. The molecule has 2 aliphatic heterocycles. The summed E-state index contributed by atoms with van der Waals surface area (Å²) in [4.78, 5) is 0. The van der Waals surface area contributed by atoms with Crippen molar-refractivity contribution in [1.82, 2.24) is 0 Å². The Morgan fingerprint density at radius 1 is 0.600 bits per heavy atom. The Morgan fingerprint density at radius 2 is 1.35 bits per heavy atom. The van der Waals surface area contributed by atoms with E-state index in [2.05, 4.69) is 37.4 Å². The van der Waals surface area contributed by atoms with Gasteiger partial charge in [0, 0.05) is 21.0 Å². The normalized spacial score (nSPS) is 55.5. The predicted octanol–water partition coefficient (Wildman–Crippen LogP) is 5.61. The molecule has 4 rings (SSSR count). The van der Waals surface area contributed by atoms with Gasteiger partial charge < -0.3 is 0 Å². The average molecular weight is 311 g/mol. The molecule has 4 aliphatic rings. The first-order valence-corrected chi connectivity index (χ1v) is 10.9. The van der Waals surface area contributed by atoms with Crippen molar-refractivity contribution in [3.63, 3.8) is 0 Å². The molecule has 0 aromatic heterocycles. The van der Waals surface area contributed by atoms with Crippen LogP contribution >= 0.6 is 23.5 Å². The first-order valence-electron chi connectivity index (χ1n) is 9.00. The van der Waals surface area contributed by atoms with Crippen molar-refractivity contribution in [2.75, 3.05) is 0 Å². The van der Waals surface area contributed by atoms with Crippen molar-refractivity contribution >= 4 is 23.5 Å². The smallest absolute Gasteiger partial charge is 0.00813 e. The zero-order chi connectivity index (χ0) is 13.7. The third-order valence-corrected chi connectivity index (χ3v) is 10.1. The molecule has 0 spiro atoms. The molecule has 0 aromatic carbocycles. The largest absolute Gasteiger partial charge is 0.155 e. The van der Waals surface area contributed by atoms with E-state index in [1.807, 2.05) is 0 Å². The number of thioether (sulfide) groups is 2. The minimum absolute atomic E-state index is 0.948. The second-order valence-electron chi connectivity index (χ2n) is 8.18. The summed E-state index contributed by atoms with van der Waals surface area (Å²) in [5.41, 5.74) is 0. The van der Waals surface area contributed by atoms with Crippen molar-refractivity contribution in [1.29, 1.82) is 0 Å². The Kier molecular flexibility index (Phi) is 4.09. The van der Waals surface area contributed by atoms with E-state index < -0.39 is 0 Å². The topological polar surface area (TPSA) is 0 Å². The lowest BCUT2D eigenvalue weighted by molar-refractivity contribution is 0.242. The quantitative estimate of drug-likeness (QED) is 0.617. The van der Waals surface area contributed by atoms with Crippen LogP contribution < -0.4 is 0 Å². The minimum atomic E-state index is 0.948. The molecule has 2 aliphatic carbocycles. The van der Waals surface area contributed by atoms with E-state index >= 15 is 0 Å². The molecule has 0 N–H and O–H groups in total. The molecule has 4 fully saturated rings. The van der Waals surface area contributed by atoms with E-state index in [4.69, 9.17) is 0 Å². The molecule has 0 bridgehead atoms. The maximum Gasteiger partial charge on any atom is 0.00813 e. The molecule has 0 aromatic rings. The third kappa shape index (κ3) is 2.69. The van der Waals surface area contributed by atoms with Gasteiger partial charge in [0.15, 0.2) is 0 Å². The Hall–Kier alpha value is 0.700. The standard InChI is InChI=1S/C18H30S2/c1-11-3-5-17-14(7-11)10-18(20-17)13-4-6-16-15(9-13)8-12(2)19-16/h11-18H,3-10H2,1-2H3. The molecule has 0 amide bonds. The SMILES string of the molecule is CC1CCC2SC(C3CCC4SC(C)CC4C3)CC2C1. The van der Waals surface area contributed by atoms with Gasteiger partial charge in [-0.2, -0.15) is 23.5 Å². The summed E-state index contributed by atoms with van der Waals surface area (Å²) in [6.07, 6.45) is 12.3. The molecule has 0 nitrogen and oxygen atoms in total. The van der Waals surface area contributed by atoms with Crippen LogP contribution in [0.15, 0.2) is 0 Å². The first kappa shape index (κ1) is 14.3. The van der Waals surface area contributed by atoms with E-state index in [0.717, 1.165) is 44.7 Å². The lowest BCUT2D eigenvalue weighted by Gasteiger charge is -2.34. The van der Waals surface area contributed by atoms with Crippen LogP contribution in [0.1, 0.15) is 65.2 Å². The van der Waals surface area contributed by atoms with Crippen molar-refractivity contribution in [2.45, 2.75) is 86.2 Å². The highest BCUT2D eigenvalue weighted by molar-refractivity contribution is 8.01. The minimum Gasteiger partial charge on any atom is -0.155 e. The van der Waals surface area contributed by atoms with Gasteiger partial charge in [-0.05, 0) is 75.0 Å². The van der Waals surface area contributed by atoms with Gasteiger partial charge in [-0.3, -0.25) is 0 Å². The van der Waals surface area contributed by atoms with Gasteiger partial charge in [0.1, 0.15) is 0 Å². The molecule has 2 heterocycles. The van der Waals surface area contributed by atoms with E-state index in [1.54, 1.807) is 25.7 Å². The Morgan fingerprint density at radius 3 is 2.25 bits per heavy atom. The number of hydrogen-bond donors (Lipinski definition) is 0. The second-order valence-corrected chi connectivity index (χ2v) is 11.3. The zero-order valence-corrected chi connectivity index (χ0v) is 14.7. The van der Waals surface area contributed by atoms with E-state index in [-0.39, 0.29) is 0 Å². The highest BCUT2D eigenvalue weighted by atomic mass is 32.2. The fourth-order valence-electron chi connectivity index (χ4n) is 5.60. The van der Waals surface area contributed by atoms with Crippen molar-refractivity contribution < 1.29 is 0 Å². The Labute approximate surface area is 133 Å². The summed E-state index contributed by atoms with van der Waals surface area (Å²) in [6, 6.07) is 0. The first-order chi connectivity index (χ1) is 9.69. The molecule has 20 heavy (non-hydrogen) atoms. The van der Waals surface area contributed by atoms with Crippen LogP contribution in [0.2, 0.25) is 0 Å². The van der Waals surface area contributed by atoms with Gasteiger partial charge in [-0.25, -0.2) is 0 Å². The molecule has 2 heteroatoms. The molecule has 114 valence electrons. The van der Waals surface area contributed by atoms with E-state index in [0.29, 0.717) is 0 Å². The van der Waals surface area contributed by atoms with Crippen LogP contribution in [0.3, 0.4) is 0 Å². The predicted molar refractivity (Wildman–Crippen MR) is 92.6 cm³/mol. The fourth-order valence-corrected chi connectivity index (χ4v) is 9.26. The molecular weight excluding hydrogens is 280 g/mol. The Bertz CT molecular complexity index is 355. The number of rotatable bonds is 1. The third-order valence-electron chi connectivity index (χ3n) is 6.58. The summed E-state index contributed by atoms with van der Waals surface area (Å²) < 4.78 is 0. The average Bonchev–Trinajstić information content (AvgIpc) is 2.99. The van der Waals surface area contributed by atoms with Crippen molar-refractivity contribution in [3.05, 3.63) is 0 Å². The van der Waals surface area contributed by atoms with Crippen LogP contribution in [0.25, 0.3) is 0 Å². The zero-order valence-electron chi connectivity index (χ0n) is 13.1. The number of hydrogen-bond acceptors (Lipinski definition) is 2. The fraction of sp³-hybridized carbons (Fsp3) is 1.00. The summed E-state index contributed by atoms with van der Waals surface area (Å²) >= 11 is 4.74. The molecule has 2 saturated carbocycles. The van der Waals surface area contributed by atoms with E-state index in [1.165, 1.54) is 25.7 Å². The molecule has 0 radical (unpaired) electrons. The summed E-state index contributed by atoms with van der Waals surface area (Å²) in [7, 11) is 0. The van der Waals surface area contributed by atoms with Gasteiger partial charge in [0.25, 0.3) is 0 Å². The molecule has 2 saturated heterocycles. The lowest BCUT2D eigenvalue weighted by atomic mass is 9.74. The maximum atomic E-state index is 2.48. The van der Waals surface area contributed by atoms with Crippen molar-refractivity contribution in [2.24, 2.45) is 23.7 Å². The van der Waals surface area contributed by atoms with Gasteiger partial charge in [0.2, 0.25) is 0 Å². The summed E-state index contributed by atoms with van der Waals surface area (Å²) in [5, 5.41) is 4.07. The molecule has 8 atom stereocenters. The summed E-state index contributed by atoms with van der Waals surface area (Å²) in [6.45, 7) is 4.94. The van der Waals surface area contributed by atoms with Gasteiger partial charge in [-0.15, -0.1) is 0 Å². The summed E-state index contributed by atoms with van der Waals surface area (Å²) in [5.74, 6) is 4.26. The van der Waals surface area contributed by atoms with Gasteiger partial charge in [-0.1, -0.05) is 13.8 Å². The highest BCUT2D eigenvalue weighted by Gasteiger charge is 2.45. The monoisotopic (exact) mass is 310 g/mol. The van der Waals surface area contributed by atoms with Crippen LogP contribution in [0.4, 0.5) is 0 Å². The second kappa shape index (κ2) is 5.72. The van der Waals surface area contributed by atoms with Crippen LogP contribution in [-0.4, -0.2) is 21.0 Å². The van der Waals surface area contributed by atoms with Crippen molar-refractivity contribution in [3.8, 4) is 0 Å². The van der Waals surface area contributed by atoms with E-state index in [9.17, 15) is 0 Å². The van der Waals surface area contributed by atoms with Gasteiger partial charge in [0.05, 0.1) is 0 Å². The molecule has 8 unspecified atom stereocenters. The Balaban J connectivity index is 1.37. The highest BCUT2D eigenvalue weighted by Crippen LogP contribution is 2.55. The van der Waals surface area contributed by atoms with Crippen LogP contribution in [-0.2, 0) is 0 Å². The van der Waals surface area contributed by atoms with Crippen LogP contribution in [0.5, 0.6) is 0 Å². The van der Waals surface area contributed by atoms with Gasteiger partial charge >= 0.3 is 0 Å².